The second kappa shape index (κ2) is 12.2. The van der Waals surface area contributed by atoms with Crippen molar-refractivity contribution in [1.82, 2.24) is 10.2 Å². The lowest BCUT2D eigenvalue weighted by atomic mass is 10.0. The third-order valence-electron chi connectivity index (χ3n) is 5.51. The standard InChI is InChI=1S/C25H34ClN3O4S/c1-6-15-27-25(31)19(4)28(16-20-7-11-22(26)12-8-20)24(30)17-29(34(5,32)33)23-13-9-21(10-14-23)18(2)3/h7-14,18-19H,6,15-17H2,1-5H3,(H,27,31). The van der Waals surface area contributed by atoms with Gasteiger partial charge in [-0.3, -0.25) is 13.9 Å². The Morgan fingerprint density at radius 1 is 1.00 bits per heavy atom. The van der Waals surface area contributed by atoms with Crippen molar-refractivity contribution < 1.29 is 18.0 Å². The SMILES string of the molecule is CCCNC(=O)C(C)N(Cc1ccc(Cl)cc1)C(=O)CN(c1ccc(C(C)C)cc1)S(C)(=O)=O. The Morgan fingerprint density at radius 3 is 2.09 bits per heavy atom. The van der Waals surface area contributed by atoms with Crippen molar-refractivity contribution in [2.45, 2.75) is 52.6 Å². The number of sulfonamides is 1. The van der Waals surface area contributed by atoms with Crippen molar-refractivity contribution in [2.75, 3.05) is 23.7 Å². The first-order valence-electron chi connectivity index (χ1n) is 11.3. The third-order valence-corrected chi connectivity index (χ3v) is 6.90. The maximum absolute atomic E-state index is 13.5. The Hall–Kier alpha value is -2.58. The smallest absolute Gasteiger partial charge is 0.244 e. The number of halogens is 1. The zero-order valence-electron chi connectivity index (χ0n) is 20.4. The molecule has 1 unspecified atom stereocenters. The van der Waals surface area contributed by atoms with Crippen molar-refractivity contribution in [3.05, 3.63) is 64.7 Å². The second-order valence-corrected chi connectivity index (χ2v) is 11.0. The molecule has 0 aliphatic carbocycles. The first kappa shape index (κ1) is 27.7. The largest absolute Gasteiger partial charge is 0.354 e. The van der Waals surface area contributed by atoms with Crippen molar-refractivity contribution >= 4 is 39.1 Å². The van der Waals surface area contributed by atoms with Crippen LogP contribution in [0.1, 0.15) is 51.2 Å². The van der Waals surface area contributed by atoms with Crippen LogP contribution in [0.2, 0.25) is 5.02 Å². The summed E-state index contributed by atoms with van der Waals surface area (Å²) in [5, 5.41) is 3.37. The molecule has 2 amide bonds. The minimum Gasteiger partial charge on any atom is -0.354 e. The minimum absolute atomic E-state index is 0.139. The highest BCUT2D eigenvalue weighted by Crippen LogP contribution is 2.23. The van der Waals surface area contributed by atoms with Gasteiger partial charge in [0.25, 0.3) is 0 Å². The fraction of sp³-hybridized carbons (Fsp3) is 0.440. The van der Waals surface area contributed by atoms with E-state index in [-0.39, 0.29) is 12.5 Å². The number of carbonyl (C=O) groups excluding carboxylic acids is 2. The van der Waals surface area contributed by atoms with Crippen LogP contribution in [0.5, 0.6) is 0 Å². The van der Waals surface area contributed by atoms with E-state index in [1.807, 2.05) is 32.9 Å². The van der Waals surface area contributed by atoms with Crippen LogP contribution >= 0.6 is 11.6 Å². The molecule has 0 saturated heterocycles. The molecule has 1 N–H and O–H groups in total. The lowest BCUT2D eigenvalue weighted by Crippen LogP contribution is -2.51. The Labute approximate surface area is 208 Å². The first-order valence-corrected chi connectivity index (χ1v) is 13.6. The highest BCUT2D eigenvalue weighted by atomic mass is 35.5. The van der Waals surface area contributed by atoms with E-state index in [1.54, 1.807) is 43.3 Å². The summed E-state index contributed by atoms with van der Waals surface area (Å²) < 4.78 is 26.3. The summed E-state index contributed by atoms with van der Waals surface area (Å²) in [6.07, 6.45) is 1.83. The molecule has 0 radical (unpaired) electrons. The van der Waals surface area contributed by atoms with E-state index >= 15 is 0 Å². The molecule has 0 bridgehead atoms. The zero-order chi connectivity index (χ0) is 25.5. The first-order chi connectivity index (χ1) is 15.9. The molecule has 2 rings (SSSR count). The Balaban J connectivity index is 2.35. The summed E-state index contributed by atoms with van der Waals surface area (Å²) in [7, 11) is -3.75. The van der Waals surface area contributed by atoms with Crippen LogP contribution in [0.15, 0.2) is 48.5 Å². The van der Waals surface area contributed by atoms with Crippen LogP contribution in [0.25, 0.3) is 0 Å². The van der Waals surface area contributed by atoms with Gasteiger partial charge in [0.15, 0.2) is 0 Å². The Kier molecular flexibility index (Phi) is 9.94. The second-order valence-electron chi connectivity index (χ2n) is 8.63. The van der Waals surface area contributed by atoms with E-state index in [4.69, 9.17) is 11.6 Å². The molecular formula is C25H34ClN3O4S. The zero-order valence-corrected chi connectivity index (χ0v) is 22.0. The number of nitrogens with one attached hydrogen (secondary N) is 1. The van der Waals surface area contributed by atoms with Crippen LogP contribution in [0.4, 0.5) is 5.69 Å². The fourth-order valence-corrected chi connectivity index (χ4v) is 4.38. The normalized spacial score (nSPS) is 12.3. The number of hydrogen-bond acceptors (Lipinski definition) is 4. The predicted octanol–water partition coefficient (Wildman–Crippen LogP) is 4.17. The number of anilines is 1. The van der Waals surface area contributed by atoms with Crippen molar-refractivity contribution in [1.29, 1.82) is 0 Å². The predicted molar refractivity (Wildman–Crippen MR) is 137 cm³/mol. The van der Waals surface area contributed by atoms with Gasteiger partial charge in [-0.1, -0.05) is 56.6 Å². The number of nitrogens with zero attached hydrogens (tertiary/aromatic N) is 2. The van der Waals surface area contributed by atoms with Gasteiger partial charge in [0, 0.05) is 18.1 Å². The van der Waals surface area contributed by atoms with E-state index in [1.165, 1.54) is 4.90 Å². The van der Waals surface area contributed by atoms with Crippen LogP contribution in [-0.2, 0) is 26.2 Å². The molecule has 2 aromatic carbocycles. The molecule has 0 aromatic heterocycles. The molecule has 1 atom stereocenters. The minimum atomic E-state index is -3.75. The molecule has 0 saturated carbocycles. The summed E-state index contributed by atoms with van der Waals surface area (Å²) in [5.41, 5.74) is 2.24. The molecule has 186 valence electrons. The highest BCUT2D eigenvalue weighted by molar-refractivity contribution is 7.92. The molecule has 0 fully saturated rings. The number of hydrogen-bond donors (Lipinski definition) is 1. The van der Waals surface area contributed by atoms with Gasteiger partial charge in [0.2, 0.25) is 21.8 Å². The summed E-state index contributed by atoms with van der Waals surface area (Å²) in [4.78, 5) is 27.5. The van der Waals surface area contributed by atoms with Gasteiger partial charge in [-0.15, -0.1) is 0 Å². The maximum atomic E-state index is 13.5. The summed E-state index contributed by atoms with van der Waals surface area (Å²) in [6.45, 7) is 7.89. The summed E-state index contributed by atoms with van der Waals surface area (Å²) in [6, 6.07) is 13.3. The molecule has 7 nitrogen and oxygen atoms in total. The lowest BCUT2D eigenvalue weighted by molar-refractivity contribution is -0.139. The molecule has 0 heterocycles. The number of carbonyl (C=O) groups is 2. The quantitative estimate of drug-likeness (QED) is 0.494. The highest BCUT2D eigenvalue weighted by Gasteiger charge is 2.30. The molecule has 0 aliphatic heterocycles. The van der Waals surface area contributed by atoms with Gasteiger partial charge < -0.3 is 10.2 Å². The van der Waals surface area contributed by atoms with Crippen LogP contribution < -0.4 is 9.62 Å². The maximum Gasteiger partial charge on any atom is 0.244 e. The van der Waals surface area contributed by atoms with Crippen LogP contribution in [0, 0.1) is 0 Å². The molecule has 0 aliphatic rings. The van der Waals surface area contributed by atoms with Crippen molar-refractivity contribution in [3.63, 3.8) is 0 Å². The number of amides is 2. The van der Waals surface area contributed by atoms with Gasteiger partial charge in [0.1, 0.15) is 12.6 Å². The summed E-state index contributed by atoms with van der Waals surface area (Å²) >= 11 is 5.98. The van der Waals surface area contributed by atoms with Crippen LogP contribution in [-0.4, -0.2) is 50.5 Å². The Bertz CT molecular complexity index is 1070. The molecule has 34 heavy (non-hydrogen) atoms. The van der Waals surface area contributed by atoms with Gasteiger partial charge in [-0.05, 0) is 54.7 Å². The van der Waals surface area contributed by atoms with E-state index in [9.17, 15) is 18.0 Å². The monoisotopic (exact) mass is 507 g/mol. The summed E-state index contributed by atoms with van der Waals surface area (Å²) in [5.74, 6) is -0.483. The van der Waals surface area contributed by atoms with Crippen molar-refractivity contribution in [3.8, 4) is 0 Å². The van der Waals surface area contributed by atoms with Crippen LogP contribution in [0.3, 0.4) is 0 Å². The van der Waals surface area contributed by atoms with Crippen molar-refractivity contribution in [2.24, 2.45) is 0 Å². The number of benzene rings is 2. The van der Waals surface area contributed by atoms with E-state index in [0.29, 0.717) is 23.2 Å². The average Bonchev–Trinajstić information content (AvgIpc) is 2.79. The molecule has 0 spiro atoms. The van der Waals surface area contributed by atoms with E-state index in [0.717, 1.165) is 28.1 Å². The molecular weight excluding hydrogens is 474 g/mol. The van der Waals surface area contributed by atoms with E-state index < -0.39 is 28.5 Å². The number of rotatable bonds is 11. The van der Waals surface area contributed by atoms with Gasteiger partial charge in [-0.2, -0.15) is 0 Å². The van der Waals surface area contributed by atoms with Gasteiger partial charge in [-0.25, -0.2) is 8.42 Å². The lowest BCUT2D eigenvalue weighted by Gasteiger charge is -2.31. The van der Waals surface area contributed by atoms with E-state index in [2.05, 4.69) is 5.32 Å². The molecule has 2 aromatic rings. The molecule has 9 heteroatoms. The fourth-order valence-electron chi connectivity index (χ4n) is 3.40. The van der Waals surface area contributed by atoms with Gasteiger partial charge >= 0.3 is 0 Å². The topological polar surface area (TPSA) is 86.8 Å². The third kappa shape index (κ3) is 7.74. The van der Waals surface area contributed by atoms with Gasteiger partial charge in [0.05, 0.1) is 11.9 Å². The average molecular weight is 508 g/mol. The Morgan fingerprint density at radius 2 is 1.59 bits per heavy atom.